The summed E-state index contributed by atoms with van der Waals surface area (Å²) in [6, 6.07) is 5.32. The van der Waals surface area contributed by atoms with Crippen molar-refractivity contribution >= 4 is 53.1 Å². The molecule has 0 radical (unpaired) electrons. The molecular weight excluding hydrogens is 538 g/mol. The van der Waals surface area contributed by atoms with Crippen LogP contribution >= 0.6 is 47.2 Å². The third-order valence-corrected chi connectivity index (χ3v) is 5.48. The van der Waals surface area contributed by atoms with Gasteiger partial charge in [-0.2, -0.15) is 0 Å². The average molecular weight is 567 g/mol. The first kappa shape index (κ1) is 25.0. The molecule has 0 amide bonds. The van der Waals surface area contributed by atoms with E-state index in [2.05, 4.69) is 25.4 Å². The zero-order valence-corrected chi connectivity index (χ0v) is 21.0. The predicted molar refractivity (Wildman–Crippen MR) is 132 cm³/mol. The normalized spacial score (nSPS) is 15.0. The summed E-state index contributed by atoms with van der Waals surface area (Å²) in [5, 5.41) is 12.3. The van der Waals surface area contributed by atoms with Gasteiger partial charge in [0.05, 0.1) is 6.61 Å². The number of piperidine rings is 1. The van der Waals surface area contributed by atoms with E-state index in [1.807, 2.05) is 11.6 Å². The van der Waals surface area contributed by atoms with E-state index in [0.29, 0.717) is 22.6 Å². The van der Waals surface area contributed by atoms with Gasteiger partial charge in [-0.3, -0.25) is 4.99 Å². The van der Waals surface area contributed by atoms with E-state index in [9.17, 15) is 0 Å². The lowest BCUT2D eigenvalue weighted by Gasteiger charge is -2.34. The van der Waals surface area contributed by atoms with Crippen molar-refractivity contribution in [1.29, 1.82) is 0 Å². The van der Waals surface area contributed by atoms with Crippen LogP contribution < -0.4 is 10.1 Å². The molecule has 3 rings (SSSR count). The maximum absolute atomic E-state index is 6.03. The zero-order valence-electron chi connectivity index (χ0n) is 17.1. The minimum atomic E-state index is 0. The summed E-state index contributed by atoms with van der Waals surface area (Å²) in [7, 11) is 1.84. The average Bonchev–Trinajstić information content (AvgIpc) is 3.22. The lowest BCUT2D eigenvalue weighted by atomic mass is 9.98. The van der Waals surface area contributed by atoms with Crippen molar-refractivity contribution in [3.63, 3.8) is 0 Å². The smallest absolute Gasteiger partial charge is 0.193 e. The minimum Gasteiger partial charge on any atom is -0.493 e. The highest BCUT2D eigenvalue weighted by atomic mass is 127. The summed E-state index contributed by atoms with van der Waals surface area (Å²) in [5.74, 6) is 2.23. The fourth-order valence-electron chi connectivity index (χ4n) is 3.43. The molecule has 30 heavy (non-hydrogen) atoms. The number of hydrogen-bond acceptors (Lipinski definition) is 4. The zero-order chi connectivity index (χ0) is 20.5. The van der Waals surface area contributed by atoms with E-state index in [1.54, 1.807) is 30.9 Å². The molecule has 1 aliphatic heterocycles. The number of aryl methyl sites for hydroxylation is 1. The van der Waals surface area contributed by atoms with Gasteiger partial charge in [0.2, 0.25) is 0 Å². The standard InChI is InChI=1S/C20H28Cl2N6O.HI/c1-23-20(24-6-2-3-7-27-14-25-26-15-27)28-8-4-16(5-9-28)13-29-19-11-17(21)10-18(22)12-19;/h10-12,14-16H,2-9,13H2,1H3,(H,23,24);1H. The molecule has 10 heteroatoms. The van der Waals surface area contributed by atoms with Gasteiger partial charge in [0.15, 0.2) is 5.96 Å². The third-order valence-electron chi connectivity index (χ3n) is 5.04. The van der Waals surface area contributed by atoms with Gasteiger partial charge >= 0.3 is 0 Å². The summed E-state index contributed by atoms with van der Waals surface area (Å²) in [6.07, 6.45) is 7.80. The van der Waals surface area contributed by atoms with E-state index in [-0.39, 0.29) is 24.0 Å². The molecule has 2 heterocycles. The molecule has 0 atom stereocenters. The number of aliphatic imine (C=N–C) groups is 1. The van der Waals surface area contributed by atoms with Gasteiger partial charge < -0.3 is 19.5 Å². The van der Waals surface area contributed by atoms with E-state index in [0.717, 1.165) is 63.6 Å². The van der Waals surface area contributed by atoms with Crippen LogP contribution in [0.25, 0.3) is 0 Å². The van der Waals surface area contributed by atoms with Crippen LogP contribution in [0.2, 0.25) is 10.0 Å². The van der Waals surface area contributed by atoms with Crippen LogP contribution in [0.5, 0.6) is 5.75 Å². The van der Waals surface area contributed by atoms with Crippen molar-refractivity contribution < 1.29 is 4.74 Å². The Morgan fingerprint density at radius 3 is 2.43 bits per heavy atom. The van der Waals surface area contributed by atoms with Gasteiger partial charge in [0.25, 0.3) is 0 Å². The van der Waals surface area contributed by atoms with E-state index < -0.39 is 0 Å². The molecular formula is C20H29Cl2IN6O. The summed E-state index contributed by atoms with van der Waals surface area (Å²) < 4.78 is 7.91. The quantitative estimate of drug-likeness (QED) is 0.223. The molecule has 1 N–H and O–H groups in total. The Labute approximate surface area is 205 Å². The van der Waals surface area contributed by atoms with E-state index in [4.69, 9.17) is 27.9 Å². The summed E-state index contributed by atoms with van der Waals surface area (Å²) in [5.41, 5.74) is 0. The molecule has 0 spiro atoms. The fraction of sp³-hybridized carbons (Fsp3) is 0.550. The van der Waals surface area contributed by atoms with Crippen molar-refractivity contribution in [3.8, 4) is 5.75 Å². The number of guanidine groups is 1. The fourth-order valence-corrected chi connectivity index (χ4v) is 3.93. The van der Waals surface area contributed by atoms with E-state index in [1.165, 1.54) is 0 Å². The summed E-state index contributed by atoms with van der Waals surface area (Å²) in [6.45, 7) is 4.49. The number of likely N-dealkylation sites (tertiary alicyclic amines) is 1. The molecule has 0 unspecified atom stereocenters. The molecule has 0 aliphatic carbocycles. The van der Waals surface area contributed by atoms with Crippen LogP contribution in [0.1, 0.15) is 25.7 Å². The number of unbranched alkanes of at least 4 members (excludes halogenated alkanes) is 1. The molecule has 7 nitrogen and oxygen atoms in total. The third kappa shape index (κ3) is 8.11. The van der Waals surface area contributed by atoms with Gasteiger partial charge in [-0.05, 0) is 49.8 Å². The Bertz CT molecular complexity index is 761. The first-order valence-corrected chi connectivity index (χ1v) is 10.8. The number of benzene rings is 1. The molecule has 1 aromatic heterocycles. The largest absolute Gasteiger partial charge is 0.493 e. The van der Waals surface area contributed by atoms with Gasteiger partial charge in [0, 0.05) is 43.3 Å². The van der Waals surface area contributed by atoms with Crippen LogP contribution in [-0.4, -0.2) is 58.9 Å². The van der Waals surface area contributed by atoms with Crippen LogP contribution in [0, 0.1) is 5.92 Å². The first-order chi connectivity index (χ1) is 14.1. The van der Waals surface area contributed by atoms with Crippen LogP contribution in [0.3, 0.4) is 0 Å². The summed E-state index contributed by atoms with van der Waals surface area (Å²) >= 11 is 12.1. The molecule has 0 saturated carbocycles. The SMILES string of the molecule is CN=C(NCCCCn1cnnc1)N1CCC(COc2cc(Cl)cc(Cl)c2)CC1.I. The van der Waals surface area contributed by atoms with Gasteiger partial charge in [0.1, 0.15) is 18.4 Å². The predicted octanol–water partition coefficient (Wildman–Crippen LogP) is 4.35. The van der Waals surface area contributed by atoms with Crippen LogP contribution in [0.4, 0.5) is 0 Å². The van der Waals surface area contributed by atoms with Gasteiger partial charge in [-0.25, -0.2) is 0 Å². The second-order valence-corrected chi connectivity index (χ2v) is 8.10. The molecule has 0 bridgehead atoms. The second-order valence-electron chi connectivity index (χ2n) is 7.23. The second kappa shape index (κ2) is 13.2. The Morgan fingerprint density at radius 2 is 1.80 bits per heavy atom. The van der Waals surface area contributed by atoms with Crippen LogP contribution in [0.15, 0.2) is 35.8 Å². The molecule has 1 aliphatic rings. The van der Waals surface area contributed by atoms with Crippen LogP contribution in [-0.2, 0) is 6.54 Å². The van der Waals surface area contributed by atoms with E-state index >= 15 is 0 Å². The molecule has 1 fully saturated rings. The highest BCUT2D eigenvalue weighted by Crippen LogP contribution is 2.26. The van der Waals surface area contributed by atoms with Gasteiger partial charge in [-0.15, -0.1) is 34.2 Å². The molecule has 1 aromatic carbocycles. The topological polar surface area (TPSA) is 67.6 Å². The maximum atomic E-state index is 6.03. The van der Waals surface area contributed by atoms with Gasteiger partial charge in [-0.1, -0.05) is 23.2 Å². The monoisotopic (exact) mass is 566 g/mol. The minimum absolute atomic E-state index is 0. The Kier molecular flexibility index (Phi) is 11.0. The molecule has 166 valence electrons. The Balaban J connectivity index is 0.00000320. The molecule has 1 saturated heterocycles. The highest BCUT2D eigenvalue weighted by molar-refractivity contribution is 14.0. The lowest BCUT2D eigenvalue weighted by molar-refractivity contribution is 0.179. The van der Waals surface area contributed by atoms with Crippen molar-refractivity contribution in [2.75, 3.05) is 33.3 Å². The number of rotatable bonds is 8. The highest BCUT2D eigenvalue weighted by Gasteiger charge is 2.22. The number of nitrogens with one attached hydrogen (secondary N) is 1. The molecule has 2 aromatic rings. The Hall–Kier alpha value is -1.26. The van der Waals surface area contributed by atoms with Crippen molar-refractivity contribution in [2.24, 2.45) is 10.9 Å². The number of ether oxygens (including phenoxy) is 1. The lowest BCUT2D eigenvalue weighted by Crippen LogP contribution is -2.46. The van der Waals surface area contributed by atoms with Crippen molar-refractivity contribution in [2.45, 2.75) is 32.2 Å². The number of nitrogens with zero attached hydrogens (tertiary/aromatic N) is 5. The number of aromatic nitrogens is 3. The van der Waals surface area contributed by atoms with Crippen molar-refractivity contribution in [3.05, 3.63) is 40.9 Å². The van der Waals surface area contributed by atoms with Crippen molar-refractivity contribution in [1.82, 2.24) is 25.0 Å². The maximum Gasteiger partial charge on any atom is 0.193 e. The first-order valence-electron chi connectivity index (χ1n) is 10.0. The Morgan fingerprint density at radius 1 is 1.13 bits per heavy atom. The number of hydrogen-bond donors (Lipinski definition) is 1. The number of halogens is 3. The summed E-state index contributed by atoms with van der Waals surface area (Å²) in [4.78, 5) is 6.77.